The minimum atomic E-state index is -0.0278. The summed E-state index contributed by atoms with van der Waals surface area (Å²) in [4.78, 5) is 0. The molecule has 0 saturated carbocycles. The summed E-state index contributed by atoms with van der Waals surface area (Å²) in [6.45, 7) is 6.28. The molecular weight excluding hydrogens is 212 g/mol. The number of aliphatic hydroxyl groups is 1. The summed E-state index contributed by atoms with van der Waals surface area (Å²) in [5, 5.41) is 18.9. The topological polar surface area (TPSA) is 40.5 Å². The monoisotopic (exact) mass is 234 g/mol. The normalized spacial score (nSPS) is 12.2. The third kappa shape index (κ3) is 4.23. The number of aromatic hydroxyl groups is 1. The first-order valence-corrected chi connectivity index (χ1v) is 6.10. The average molecular weight is 234 g/mol. The van der Waals surface area contributed by atoms with E-state index in [9.17, 15) is 5.11 Å². The van der Waals surface area contributed by atoms with Crippen molar-refractivity contribution in [3.05, 3.63) is 41.0 Å². The molecule has 0 amide bonds. The second-order valence-electron chi connectivity index (χ2n) is 4.81. The van der Waals surface area contributed by atoms with Crippen LogP contribution in [0.1, 0.15) is 50.7 Å². The molecule has 2 heteroatoms. The van der Waals surface area contributed by atoms with E-state index in [-0.39, 0.29) is 6.61 Å². The van der Waals surface area contributed by atoms with Gasteiger partial charge in [0.25, 0.3) is 0 Å². The molecule has 0 spiro atoms. The van der Waals surface area contributed by atoms with Crippen LogP contribution in [0.5, 0.6) is 5.75 Å². The Morgan fingerprint density at radius 3 is 2.59 bits per heavy atom. The summed E-state index contributed by atoms with van der Waals surface area (Å²) in [6, 6.07) is 5.42. The molecule has 2 nitrogen and oxygen atoms in total. The van der Waals surface area contributed by atoms with Crippen LogP contribution in [-0.4, -0.2) is 10.2 Å². The van der Waals surface area contributed by atoms with Gasteiger partial charge in [0.15, 0.2) is 0 Å². The van der Waals surface area contributed by atoms with Crippen LogP contribution in [0.25, 0.3) is 0 Å². The fraction of sp³-hybridized carbons (Fsp3) is 0.467. The Bertz CT molecular complexity index is 390. The second-order valence-corrected chi connectivity index (χ2v) is 4.81. The van der Waals surface area contributed by atoms with Crippen LogP contribution in [-0.2, 0) is 6.61 Å². The second kappa shape index (κ2) is 6.45. The Morgan fingerprint density at radius 1 is 1.35 bits per heavy atom. The van der Waals surface area contributed by atoms with Crippen LogP contribution in [0.15, 0.2) is 29.8 Å². The summed E-state index contributed by atoms with van der Waals surface area (Å²) in [7, 11) is 0. The zero-order valence-electron chi connectivity index (χ0n) is 10.9. The Balaban J connectivity index is 2.68. The molecule has 1 aromatic carbocycles. The SMILES string of the molecule is CC(C)=CCC[C@H](C)c1ccc(CO)cc1O. The molecule has 17 heavy (non-hydrogen) atoms. The molecule has 0 bridgehead atoms. The molecule has 0 aliphatic carbocycles. The van der Waals surface area contributed by atoms with Crippen molar-refractivity contribution >= 4 is 0 Å². The lowest BCUT2D eigenvalue weighted by molar-refractivity contribution is 0.281. The van der Waals surface area contributed by atoms with Gasteiger partial charge in [-0.25, -0.2) is 0 Å². The Kier molecular flexibility index (Phi) is 5.23. The molecule has 0 aliphatic heterocycles. The highest BCUT2D eigenvalue weighted by Crippen LogP contribution is 2.29. The third-order valence-electron chi connectivity index (χ3n) is 2.96. The smallest absolute Gasteiger partial charge is 0.119 e. The molecule has 0 saturated heterocycles. The van der Waals surface area contributed by atoms with Gasteiger partial charge in [-0.2, -0.15) is 0 Å². The molecule has 0 heterocycles. The predicted molar refractivity (Wildman–Crippen MR) is 71.1 cm³/mol. The maximum Gasteiger partial charge on any atom is 0.119 e. The number of rotatable bonds is 5. The van der Waals surface area contributed by atoms with Gasteiger partial charge in [-0.1, -0.05) is 30.7 Å². The van der Waals surface area contributed by atoms with Crippen LogP contribution in [0.4, 0.5) is 0 Å². The van der Waals surface area contributed by atoms with Crippen molar-refractivity contribution in [2.24, 2.45) is 0 Å². The molecule has 94 valence electrons. The van der Waals surface area contributed by atoms with Gasteiger partial charge in [-0.15, -0.1) is 0 Å². The van der Waals surface area contributed by atoms with E-state index in [1.807, 2.05) is 12.1 Å². The highest BCUT2D eigenvalue weighted by Gasteiger charge is 2.10. The molecular formula is C15H22O2. The van der Waals surface area contributed by atoms with E-state index < -0.39 is 0 Å². The van der Waals surface area contributed by atoms with Crippen LogP contribution < -0.4 is 0 Å². The van der Waals surface area contributed by atoms with E-state index in [1.54, 1.807) is 6.07 Å². The van der Waals surface area contributed by atoms with Crippen LogP contribution >= 0.6 is 0 Å². The first-order chi connectivity index (χ1) is 8.04. The van der Waals surface area contributed by atoms with Gasteiger partial charge in [-0.05, 0) is 49.8 Å². The lowest BCUT2D eigenvalue weighted by Gasteiger charge is -2.13. The first-order valence-electron chi connectivity index (χ1n) is 6.10. The number of benzene rings is 1. The van der Waals surface area contributed by atoms with Gasteiger partial charge < -0.3 is 10.2 Å². The van der Waals surface area contributed by atoms with Crippen LogP contribution in [0.2, 0.25) is 0 Å². The maximum atomic E-state index is 9.87. The van der Waals surface area contributed by atoms with E-state index in [0.717, 1.165) is 24.0 Å². The summed E-state index contributed by atoms with van der Waals surface area (Å²) >= 11 is 0. The molecule has 1 rings (SSSR count). The summed E-state index contributed by atoms with van der Waals surface area (Å²) in [5.41, 5.74) is 3.05. The van der Waals surface area contributed by atoms with Gasteiger partial charge in [0, 0.05) is 0 Å². The Morgan fingerprint density at radius 2 is 2.06 bits per heavy atom. The van der Waals surface area contributed by atoms with E-state index in [1.165, 1.54) is 5.57 Å². The van der Waals surface area contributed by atoms with E-state index in [4.69, 9.17) is 5.11 Å². The fourth-order valence-electron chi connectivity index (χ4n) is 1.88. The van der Waals surface area contributed by atoms with Gasteiger partial charge >= 0.3 is 0 Å². The average Bonchev–Trinajstić information content (AvgIpc) is 2.28. The van der Waals surface area contributed by atoms with Crippen molar-refractivity contribution in [1.82, 2.24) is 0 Å². The van der Waals surface area contributed by atoms with E-state index >= 15 is 0 Å². The number of phenols is 1. The zero-order valence-corrected chi connectivity index (χ0v) is 10.9. The molecule has 0 radical (unpaired) electrons. The largest absolute Gasteiger partial charge is 0.508 e. The molecule has 0 fully saturated rings. The van der Waals surface area contributed by atoms with Gasteiger partial charge in [0.2, 0.25) is 0 Å². The molecule has 0 aliphatic rings. The number of allylic oxidation sites excluding steroid dienone is 2. The molecule has 1 atom stereocenters. The van der Waals surface area contributed by atoms with Crippen molar-refractivity contribution in [2.45, 2.75) is 46.1 Å². The lowest BCUT2D eigenvalue weighted by Crippen LogP contribution is -1.95. The van der Waals surface area contributed by atoms with Crippen molar-refractivity contribution in [1.29, 1.82) is 0 Å². The third-order valence-corrected chi connectivity index (χ3v) is 2.96. The maximum absolute atomic E-state index is 9.87. The van der Waals surface area contributed by atoms with Crippen molar-refractivity contribution in [2.75, 3.05) is 0 Å². The van der Waals surface area contributed by atoms with E-state index in [0.29, 0.717) is 11.7 Å². The van der Waals surface area contributed by atoms with Crippen LogP contribution in [0.3, 0.4) is 0 Å². The fourth-order valence-corrected chi connectivity index (χ4v) is 1.88. The van der Waals surface area contributed by atoms with Gasteiger partial charge in [-0.3, -0.25) is 0 Å². The first kappa shape index (κ1) is 13.8. The number of phenolic OH excluding ortho intramolecular Hbond substituents is 1. The minimum absolute atomic E-state index is 0.0278. The highest BCUT2D eigenvalue weighted by atomic mass is 16.3. The molecule has 0 aromatic heterocycles. The number of hydrogen-bond donors (Lipinski definition) is 2. The lowest BCUT2D eigenvalue weighted by atomic mass is 9.94. The molecule has 1 aromatic rings. The van der Waals surface area contributed by atoms with Gasteiger partial charge in [0.05, 0.1) is 6.61 Å². The zero-order chi connectivity index (χ0) is 12.8. The van der Waals surface area contributed by atoms with Gasteiger partial charge in [0.1, 0.15) is 5.75 Å². The predicted octanol–water partition coefficient (Wildman–Crippen LogP) is 3.73. The number of hydrogen-bond acceptors (Lipinski definition) is 2. The molecule has 0 unspecified atom stereocenters. The van der Waals surface area contributed by atoms with Crippen molar-refractivity contribution < 1.29 is 10.2 Å². The van der Waals surface area contributed by atoms with Crippen molar-refractivity contribution in [3.63, 3.8) is 0 Å². The van der Waals surface area contributed by atoms with Crippen LogP contribution in [0, 0.1) is 0 Å². The Labute approximate surface area is 104 Å². The minimum Gasteiger partial charge on any atom is -0.508 e. The summed E-state index contributed by atoms with van der Waals surface area (Å²) in [5.74, 6) is 0.625. The van der Waals surface area contributed by atoms with E-state index in [2.05, 4.69) is 26.8 Å². The summed E-state index contributed by atoms with van der Waals surface area (Å²) < 4.78 is 0. The standard InChI is InChI=1S/C15H22O2/c1-11(2)5-4-6-12(3)14-8-7-13(10-16)9-15(14)17/h5,7-9,12,16-17H,4,6,10H2,1-3H3/t12-/m0/s1. The Hall–Kier alpha value is -1.28. The summed E-state index contributed by atoms with van der Waals surface area (Å²) in [6.07, 6.45) is 4.28. The quantitative estimate of drug-likeness (QED) is 0.762. The number of aliphatic hydroxyl groups excluding tert-OH is 1. The molecule has 2 N–H and O–H groups in total. The highest BCUT2D eigenvalue weighted by molar-refractivity contribution is 5.38. The van der Waals surface area contributed by atoms with Crippen molar-refractivity contribution in [3.8, 4) is 5.75 Å².